The van der Waals surface area contributed by atoms with Crippen molar-refractivity contribution in [3.8, 4) is 37.8 Å². The van der Waals surface area contributed by atoms with Crippen LogP contribution in [0.25, 0.3) is 45.5 Å². The third kappa shape index (κ3) is 7.39. The summed E-state index contributed by atoms with van der Waals surface area (Å²) < 4.78 is 3.94. The standard InChI is InChI=1S/C64H57P.Os/c1-8-20-45-30-35-55-57-37-33-50(42-61(57)63(4,5)59(55)39-45)51-34-38-58-56-36-31-46(40-60(56)64(6,7)62(58)43-51)29-32-48(41-49-22-19-21-47(49)9-2)44(3)65(52-23-13-10-14-24-52,53-25-15-11-16-26-53)54-27-17-12-18-28-54;/h8-18,20,23-43H,19,21-22H2,1-2,4-7H3;/q+1;/b20-8+,32-29+,47-9?,48-44?,49-41?;. The zero-order valence-corrected chi connectivity index (χ0v) is 42.4. The molecule has 0 spiro atoms. The fraction of sp³-hybridized carbons (Fsp3) is 0.172. The van der Waals surface area contributed by atoms with E-state index in [4.69, 9.17) is 0 Å². The second-order valence-electron chi connectivity index (χ2n) is 19.1. The third-order valence-corrected chi connectivity index (χ3v) is 20.0. The third-order valence-electron chi connectivity index (χ3n) is 14.7. The molecule has 0 nitrogen and oxygen atoms in total. The minimum atomic E-state index is -2.40. The fourth-order valence-corrected chi connectivity index (χ4v) is 17.0. The van der Waals surface area contributed by atoms with E-state index >= 15 is 0 Å². The van der Waals surface area contributed by atoms with E-state index in [2.05, 4.69) is 246 Å². The van der Waals surface area contributed by atoms with Gasteiger partial charge in [0.25, 0.3) is 0 Å². The van der Waals surface area contributed by atoms with Crippen molar-refractivity contribution in [1.82, 2.24) is 0 Å². The summed E-state index contributed by atoms with van der Waals surface area (Å²) in [5.41, 5.74) is 19.9. The SMILES string of the molecule is CC=C1CCCC1=CC(/C=C/c1ccc2c(c1)C(C)(C)c1cc(-c3ccc4c(c3)C(C)(C)c3cc(/C=C/C)ccc3-4)ccc1-2)=C([C]#[Os])[P+](c1ccccc1)(c1ccccc1)c1ccccc1. The molecule has 1 fully saturated rings. The van der Waals surface area contributed by atoms with Gasteiger partial charge in [-0.3, -0.25) is 0 Å². The van der Waals surface area contributed by atoms with Gasteiger partial charge in [0.05, 0.1) is 0 Å². The van der Waals surface area contributed by atoms with Gasteiger partial charge < -0.3 is 0 Å². The Morgan fingerprint density at radius 3 is 1.38 bits per heavy atom. The van der Waals surface area contributed by atoms with Crippen molar-refractivity contribution < 1.29 is 17.9 Å². The average molecular weight is 1050 g/mol. The number of hydrogen-bond acceptors (Lipinski definition) is 0. The first-order chi connectivity index (χ1) is 32.1. The predicted octanol–water partition coefficient (Wildman–Crippen LogP) is 15.8. The molecule has 0 aliphatic heterocycles. The Kier molecular flexibility index (Phi) is 11.8. The number of hydrogen-bond donors (Lipinski definition) is 0. The van der Waals surface area contributed by atoms with Crippen LogP contribution in [-0.2, 0) is 28.8 Å². The molecule has 0 radical (unpaired) electrons. The van der Waals surface area contributed by atoms with Gasteiger partial charge in [-0.25, -0.2) is 0 Å². The van der Waals surface area contributed by atoms with E-state index in [-0.39, 0.29) is 10.8 Å². The predicted molar refractivity (Wildman–Crippen MR) is 283 cm³/mol. The molecule has 0 aromatic heterocycles. The topological polar surface area (TPSA) is 0 Å². The monoisotopic (exact) mass is 1050 g/mol. The number of benzene rings is 7. The molecule has 0 saturated heterocycles. The summed E-state index contributed by atoms with van der Waals surface area (Å²) in [6, 6.07) is 62.1. The molecule has 66 heavy (non-hydrogen) atoms. The molecule has 0 heterocycles. The summed E-state index contributed by atoms with van der Waals surface area (Å²) in [5, 5.41) is 5.28. The Labute approximate surface area is 403 Å². The molecule has 2 heteroatoms. The van der Waals surface area contributed by atoms with Crippen molar-refractivity contribution in [2.24, 2.45) is 0 Å². The molecule has 10 rings (SSSR count). The molecule has 3 aliphatic rings. The number of rotatable bonds is 9. The van der Waals surface area contributed by atoms with Crippen LogP contribution in [0.15, 0.2) is 210 Å². The van der Waals surface area contributed by atoms with Crippen molar-refractivity contribution in [1.29, 1.82) is 0 Å². The van der Waals surface area contributed by atoms with Crippen LogP contribution < -0.4 is 15.9 Å². The van der Waals surface area contributed by atoms with Gasteiger partial charge in [-0.2, -0.15) is 0 Å². The summed E-state index contributed by atoms with van der Waals surface area (Å²) in [4.78, 5) is 0. The minimum absolute atomic E-state index is 0.0752. The second-order valence-corrected chi connectivity index (χ2v) is 23.1. The zero-order chi connectivity index (χ0) is 45.6. The van der Waals surface area contributed by atoms with E-state index in [9.17, 15) is 0 Å². The van der Waals surface area contributed by atoms with Crippen molar-refractivity contribution in [3.05, 3.63) is 244 Å². The van der Waals surface area contributed by atoms with E-state index < -0.39 is 7.26 Å². The maximum absolute atomic E-state index is 3.94. The fourth-order valence-electron chi connectivity index (χ4n) is 11.2. The molecule has 325 valence electrons. The molecular weight excluding hydrogens is 990 g/mol. The van der Waals surface area contributed by atoms with Gasteiger partial charge in [-0.05, 0) is 46.4 Å². The van der Waals surface area contributed by atoms with Crippen LogP contribution in [0, 0.1) is 4.37 Å². The van der Waals surface area contributed by atoms with Crippen molar-refractivity contribution in [2.75, 3.05) is 0 Å². The van der Waals surface area contributed by atoms with Crippen LogP contribution in [0.2, 0.25) is 0 Å². The Hall–Kier alpha value is -5.91. The summed E-state index contributed by atoms with van der Waals surface area (Å²) >= 11 is 1.86. The van der Waals surface area contributed by atoms with Crippen LogP contribution in [0.3, 0.4) is 0 Å². The Balaban J connectivity index is 1.07. The first-order valence-corrected chi connectivity index (χ1v) is 26.6. The van der Waals surface area contributed by atoms with Gasteiger partial charge >= 0.3 is 298 Å². The van der Waals surface area contributed by atoms with Gasteiger partial charge in [0.1, 0.15) is 0 Å². The van der Waals surface area contributed by atoms with E-state index in [0.29, 0.717) is 0 Å². The molecule has 7 aromatic carbocycles. The molecule has 0 unspecified atom stereocenters. The van der Waals surface area contributed by atoms with Crippen LogP contribution in [0.4, 0.5) is 0 Å². The molecule has 0 N–H and O–H groups in total. The summed E-state index contributed by atoms with van der Waals surface area (Å²) in [5.74, 6) is 0. The summed E-state index contributed by atoms with van der Waals surface area (Å²) in [6.45, 7) is 13.9. The van der Waals surface area contributed by atoms with E-state index in [1.54, 1.807) is 0 Å². The molecule has 1 saturated carbocycles. The van der Waals surface area contributed by atoms with Gasteiger partial charge in [0.15, 0.2) is 0 Å². The first-order valence-electron chi connectivity index (χ1n) is 23.5. The summed E-state index contributed by atoms with van der Waals surface area (Å²) in [6.07, 6.45) is 17.3. The molecule has 3 aliphatic carbocycles. The quantitative estimate of drug-likeness (QED) is 0.0998. The summed E-state index contributed by atoms with van der Waals surface area (Å²) in [7, 11) is -2.40. The van der Waals surface area contributed by atoms with Crippen LogP contribution >= 0.6 is 7.26 Å². The molecule has 0 bridgehead atoms. The molecule has 0 atom stereocenters. The van der Waals surface area contributed by atoms with Crippen LogP contribution in [0.5, 0.6) is 0 Å². The zero-order valence-electron chi connectivity index (χ0n) is 39.0. The number of allylic oxidation sites excluding steroid dienone is 8. The van der Waals surface area contributed by atoms with Gasteiger partial charge in [0, 0.05) is 5.41 Å². The van der Waals surface area contributed by atoms with Crippen molar-refractivity contribution >= 4 is 35.3 Å². The van der Waals surface area contributed by atoms with Crippen molar-refractivity contribution in [2.45, 2.75) is 71.6 Å². The van der Waals surface area contributed by atoms with Crippen LogP contribution in [0.1, 0.15) is 94.2 Å². The Morgan fingerprint density at radius 2 is 0.939 bits per heavy atom. The van der Waals surface area contributed by atoms with E-state index in [0.717, 1.165) is 12.8 Å². The van der Waals surface area contributed by atoms with Gasteiger partial charge in [0.2, 0.25) is 0 Å². The molecule has 0 amide bonds. The maximum atomic E-state index is 3.94. The van der Waals surface area contributed by atoms with Gasteiger partial charge in [-0.15, -0.1) is 0 Å². The molecular formula is C64H57OsP+. The van der Waals surface area contributed by atoms with Crippen molar-refractivity contribution in [3.63, 3.8) is 0 Å². The van der Waals surface area contributed by atoms with Gasteiger partial charge in [-0.1, -0.05) is 56.3 Å². The number of fused-ring (bicyclic) bond motifs is 6. The van der Waals surface area contributed by atoms with E-state index in [1.165, 1.54) is 111 Å². The molecule has 7 aromatic rings. The Bertz CT molecular complexity index is 3120. The van der Waals surface area contributed by atoms with Crippen LogP contribution in [-0.4, -0.2) is 0 Å². The first kappa shape index (κ1) is 44.0. The second kappa shape index (κ2) is 17.7. The average Bonchev–Trinajstić information content (AvgIpc) is 3.97. The van der Waals surface area contributed by atoms with E-state index in [1.807, 2.05) is 17.9 Å². The Morgan fingerprint density at radius 1 is 0.515 bits per heavy atom. The normalized spacial score (nSPS) is 17.2.